The van der Waals surface area contributed by atoms with Crippen molar-refractivity contribution in [2.45, 2.75) is 58.2 Å². The second kappa shape index (κ2) is 7.03. The summed E-state index contributed by atoms with van der Waals surface area (Å²) in [5.74, 6) is -1.10. The molecule has 1 saturated heterocycles. The molecule has 0 unspecified atom stereocenters. The summed E-state index contributed by atoms with van der Waals surface area (Å²) in [5.41, 5.74) is 0.0130. The van der Waals surface area contributed by atoms with E-state index in [0.717, 1.165) is 6.54 Å². The van der Waals surface area contributed by atoms with Crippen LogP contribution in [0, 0.1) is 5.82 Å². The number of ether oxygens (including phenoxy) is 1. The van der Waals surface area contributed by atoms with E-state index >= 15 is 0 Å². The van der Waals surface area contributed by atoms with E-state index in [1.165, 1.54) is 36.3 Å². The second-order valence-electron chi connectivity index (χ2n) is 6.21. The van der Waals surface area contributed by atoms with Crippen molar-refractivity contribution in [3.8, 4) is 0 Å². The van der Waals surface area contributed by atoms with Gasteiger partial charge in [-0.1, -0.05) is 12.1 Å². The van der Waals surface area contributed by atoms with Gasteiger partial charge < -0.3 is 9.64 Å². The maximum Gasteiger partial charge on any atom is 0.341 e. The van der Waals surface area contributed by atoms with Crippen LogP contribution in [0.1, 0.15) is 50.4 Å². The lowest BCUT2D eigenvalue weighted by molar-refractivity contribution is -0.953. The first kappa shape index (κ1) is 16.0. The fraction of sp³-hybridized carbons (Fsp3) is 0.588. The van der Waals surface area contributed by atoms with E-state index in [-0.39, 0.29) is 11.7 Å². The molecule has 3 atom stereocenters. The zero-order chi connectivity index (χ0) is 15.4. The van der Waals surface area contributed by atoms with Crippen molar-refractivity contribution >= 4 is 5.97 Å². The van der Waals surface area contributed by atoms with Gasteiger partial charge in [0, 0.05) is 0 Å². The lowest BCUT2D eigenvalue weighted by Gasteiger charge is -2.37. The molecule has 1 aliphatic rings. The van der Waals surface area contributed by atoms with Crippen LogP contribution in [-0.2, 0) is 4.74 Å². The zero-order valence-corrected chi connectivity index (χ0v) is 13.1. The predicted octanol–water partition coefficient (Wildman–Crippen LogP) is 2.22. The molecular weight excluding hydrogens is 269 g/mol. The first-order valence-corrected chi connectivity index (χ1v) is 7.80. The molecule has 0 aliphatic carbocycles. The van der Waals surface area contributed by atoms with Gasteiger partial charge in [0.2, 0.25) is 0 Å². The summed E-state index contributed by atoms with van der Waals surface area (Å²) in [4.78, 5) is 13.5. The summed E-state index contributed by atoms with van der Waals surface area (Å²) in [5, 5.41) is 0. The molecular formula is C17H25FNO2+. The minimum absolute atomic E-state index is 0.0130. The lowest BCUT2D eigenvalue weighted by Crippen LogP contribution is -3.20. The number of rotatable bonds is 4. The molecule has 116 valence electrons. The Bertz CT molecular complexity index is 481. The molecule has 1 fully saturated rings. The quantitative estimate of drug-likeness (QED) is 0.863. The van der Waals surface area contributed by atoms with E-state index < -0.39 is 11.8 Å². The topological polar surface area (TPSA) is 30.7 Å². The third-order valence-electron chi connectivity index (χ3n) is 4.47. The van der Waals surface area contributed by atoms with Gasteiger partial charge >= 0.3 is 5.97 Å². The molecule has 1 aliphatic heterocycles. The van der Waals surface area contributed by atoms with Crippen molar-refractivity contribution in [2.75, 3.05) is 6.54 Å². The number of esters is 1. The van der Waals surface area contributed by atoms with Gasteiger partial charge in [0.1, 0.15) is 18.5 Å². The second-order valence-corrected chi connectivity index (χ2v) is 6.21. The molecule has 2 rings (SSSR count). The van der Waals surface area contributed by atoms with Gasteiger partial charge in [-0.2, -0.15) is 0 Å². The number of carbonyl (C=O) groups excluding carboxylic acids is 1. The van der Waals surface area contributed by atoms with Gasteiger partial charge in [0.05, 0.1) is 17.6 Å². The van der Waals surface area contributed by atoms with Crippen LogP contribution in [0.25, 0.3) is 0 Å². The Morgan fingerprint density at radius 3 is 2.57 bits per heavy atom. The van der Waals surface area contributed by atoms with E-state index in [2.05, 4.69) is 13.8 Å². The Morgan fingerprint density at radius 1 is 1.33 bits per heavy atom. The molecule has 0 spiro atoms. The van der Waals surface area contributed by atoms with E-state index in [9.17, 15) is 9.18 Å². The average Bonchev–Trinajstić information content (AvgIpc) is 2.43. The minimum Gasteiger partial charge on any atom is -0.453 e. The highest BCUT2D eigenvalue weighted by Gasteiger charge is 2.30. The molecule has 0 aromatic heterocycles. The highest BCUT2D eigenvalue weighted by molar-refractivity contribution is 5.89. The van der Waals surface area contributed by atoms with Crippen LogP contribution >= 0.6 is 0 Å². The molecule has 1 aromatic rings. The van der Waals surface area contributed by atoms with Gasteiger partial charge in [-0.05, 0) is 52.2 Å². The third-order valence-corrected chi connectivity index (χ3v) is 4.47. The molecule has 0 amide bonds. The van der Waals surface area contributed by atoms with Crippen molar-refractivity contribution in [1.82, 2.24) is 0 Å². The maximum atomic E-state index is 13.6. The van der Waals surface area contributed by atoms with E-state index in [4.69, 9.17) is 4.74 Å². The summed E-state index contributed by atoms with van der Waals surface area (Å²) in [6.07, 6.45) is 3.49. The van der Waals surface area contributed by atoms with Crippen LogP contribution in [0.5, 0.6) is 0 Å². The van der Waals surface area contributed by atoms with Crippen LogP contribution in [-0.4, -0.2) is 30.7 Å². The largest absolute Gasteiger partial charge is 0.453 e. The number of nitrogens with one attached hydrogen (secondary N) is 1. The monoisotopic (exact) mass is 294 g/mol. The van der Waals surface area contributed by atoms with Crippen molar-refractivity contribution in [3.05, 3.63) is 35.6 Å². The van der Waals surface area contributed by atoms with Crippen molar-refractivity contribution in [1.29, 1.82) is 0 Å². The van der Waals surface area contributed by atoms with Crippen LogP contribution in [0.2, 0.25) is 0 Å². The normalized spacial score (nSPS) is 24.6. The Kier molecular flexibility index (Phi) is 5.34. The van der Waals surface area contributed by atoms with Crippen molar-refractivity contribution < 1.29 is 18.8 Å². The van der Waals surface area contributed by atoms with Gasteiger partial charge in [0.25, 0.3) is 0 Å². The number of hydrogen-bond acceptors (Lipinski definition) is 2. The van der Waals surface area contributed by atoms with Crippen LogP contribution in [0.15, 0.2) is 24.3 Å². The number of quaternary nitrogens is 1. The summed E-state index contributed by atoms with van der Waals surface area (Å²) >= 11 is 0. The molecule has 1 aromatic carbocycles. The Hall–Kier alpha value is -1.42. The molecule has 1 heterocycles. The molecule has 3 nitrogen and oxygen atoms in total. The van der Waals surface area contributed by atoms with E-state index in [1.54, 1.807) is 12.1 Å². The van der Waals surface area contributed by atoms with E-state index in [0.29, 0.717) is 12.1 Å². The third kappa shape index (κ3) is 4.03. The first-order chi connectivity index (χ1) is 9.99. The van der Waals surface area contributed by atoms with Gasteiger partial charge in [-0.3, -0.25) is 0 Å². The first-order valence-electron chi connectivity index (χ1n) is 7.80. The summed E-state index contributed by atoms with van der Waals surface area (Å²) < 4.78 is 19.0. The standard InChI is InChI=1S/C17H24FNO2/c1-12-7-6-8-13(2)19(12)11-14(3)21-17(20)15-9-4-5-10-16(15)18/h4-5,9-10,12-14H,6-8,11H2,1-3H3/p+1/t12-,13-,14+/m1/s1. The summed E-state index contributed by atoms with van der Waals surface area (Å²) in [6, 6.07) is 7.12. The number of hydrogen-bond donors (Lipinski definition) is 1. The number of benzene rings is 1. The molecule has 0 radical (unpaired) electrons. The molecule has 4 heteroatoms. The molecule has 21 heavy (non-hydrogen) atoms. The van der Waals surface area contributed by atoms with Crippen LogP contribution in [0.3, 0.4) is 0 Å². The number of halogens is 1. The minimum atomic E-state index is -0.572. The zero-order valence-electron chi connectivity index (χ0n) is 13.1. The fourth-order valence-electron chi connectivity index (χ4n) is 3.24. The number of likely N-dealkylation sites (tertiary alicyclic amines) is 1. The van der Waals surface area contributed by atoms with Gasteiger partial charge in [0.15, 0.2) is 0 Å². The molecule has 0 saturated carbocycles. The van der Waals surface area contributed by atoms with Crippen molar-refractivity contribution in [2.24, 2.45) is 0 Å². The Balaban J connectivity index is 1.93. The summed E-state index contributed by atoms with van der Waals surface area (Å²) in [6.45, 7) is 7.16. The lowest BCUT2D eigenvalue weighted by atomic mass is 9.97. The maximum absolute atomic E-state index is 13.6. The van der Waals surface area contributed by atoms with Gasteiger partial charge in [-0.25, -0.2) is 9.18 Å². The number of carbonyl (C=O) groups is 1. The van der Waals surface area contributed by atoms with Crippen molar-refractivity contribution in [3.63, 3.8) is 0 Å². The predicted molar refractivity (Wildman–Crippen MR) is 79.9 cm³/mol. The van der Waals surface area contributed by atoms with Crippen LogP contribution in [0.4, 0.5) is 4.39 Å². The summed E-state index contributed by atoms with van der Waals surface area (Å²) in [7, 11) is 0. The molecule has 0 bridgehead atoms. The average molecular weight is 294 g/mol. The highest BCUT2D eigenvalue weighted by Crippen LogP contribution is 2.10. The van der Waals surface area contributed by atoms with E-state index in [1.807, 2.05) is 6.92 Å². The SMILES string of the molecule is C[C@@H]1CCC[C@@H](C)[NH+]1C[C@H](C)OC(=O)c1ccccc1F. The highest BCUT2D eigenvalue weighted by atomic mass is 19.1. The Morgan fingerprint density at radius 2 is 1.95 bits per heavy atom. The van der Waals surface area contributed by atoms with Gasteiger partial charge in [-0.15, -0.1) is 0 Å². The smallest absolute Gasteiger partial charge is 0.341 e. The fourth-order valence-corrected chi connectivity index (χ4v) is 3.24. The molecule has 1 N–H and O–H groups in total. The number of piperidine rings is 1. The van der Waals surface area contributed by atoms with Crippen LogP contribution < -0.4 is 4.90 Å². The Labute approximate surface area is 126 Å².